The molecule has 6 heteroatoms. The number of ketones is 1. The maximum absolute atomic E-state index is 12.2. The molecule has 20 heavy (non-hydrogen) atoms. The molecular formula is C14H13BrN4O. The second kappa shape index (κ2) is 5.50. The van der Waals surface area contributed by atoms with Crippen LogP contribution in [0.25, 0.3) is 11.3 Å². The Morgan fingerprint density at radius 3 is 2.60 bits per heavy atom. The first kappa shape index (κ1) is 14.3. The van der Waals surface area contributed by atoms with Crippen LogP contribution in [0.2, 0.25) is 0 Å². The smallest absolute Gasteiger partial charge is 0.241 e. The number of carbonyl (C=O) groups is 1. The number of hydrogen-bond donors (Lipinski definition) is 0. The van der Waals surface area contributed by atoms with Crippen molar-refractivity contribution in [2.45, 2.75) is 0 Å². The lowest BCUT2D eigenvalue weighted by atomic mass is 10.1. The lowest BCUT2D eigenvalue weighted by Crippen LogP contribution is -2.26. The molecule has 1 aromatic heterocycles. The number of hydrogen-bond acceptors (Lipinski definition) is 4. The van der Waals surface area contributed by atoms with E-state index in [0.717, 1.165) is 10.0 Å². The summed E-state index contributed by atoms with van der Waals surface area (Å²) in [7, 11) is 3.37. The normalized spacial score (nSPS) is 12.6. The van der Waals surface area contributed by atoms with Crippen LogP contribution in [-0.4, -0.2) is 27.6 Å². The van der Waals surface area contributed by atoms with Crippen LogP contribution in [0.3, 0.4) is 0 Å². The Morgan fingerprint density at radius 2 is 1.95 bits per heavy atom. The predicted molar refractivity (Wildman–Crippen MR) is 80.3 cm³/mol. The predicted octanol–water partition coefficient (Wildman–Crippen LogP) is 2.12. The van der Waals surface area contributed by atoms with E-state index >= 15 is 0 Å². The van der Waals surface area contributed by atoms with E-state index < -0.39 is 0 Å². The Labute approximate surface area is 124 Å². The van der Waals surface area contributed by atoms with E-state index in [4.69, 9.17) is 0 Å². The zero-order valence-corrected chi connectivity index (χ0v) is 12.8. The molecule has 0 spiro atoms. The summed E-state index contributed by atoms with van der Waals surface area (Å²) >= 11 is 3.36. The third-order valence-corrected chi connectivity index (χ3v) is 3.37. The SMILES string of the molecule is C=C.CN=c1nc2c(nn1C)C(=O)c1cc(Br)ccc1-2. The second-order valence-electron chi connectivity index (χ2n) is 3.98. The van der Waals surface area contributed by atoms with Crippen molar-refractivity contribution in [3.8, 4) is 11.3 Å². The summed E-state index contributed by atoms with van der Waals surface area (Å²) in [6.07, 6.45) is 0. The highest BCUT2D eigenvalue weighted by Crippen LogP contribution is 2.34. The number of aromatic nitrogens is 3. The van der Waals surface area contributed by atoms with Crippen LogP contribution in [0.1, 0.15) is 16.1 Å². The maximum atomic E-state index is 12.2. The van der Waals surface area contributed by atoms with Crippen molar-refractivity contribution in [1.82, 2.24) is 14.8 Å². The fourth-order valence-corrected chi connectivity index (χ4v) is 2.40. The molecule has 0 amide bonds. The highest BCUT2D eigenvalue weighted by Gasteiger charge is 2.30. The van der Waals surface area contributed by atoms with Crippen molar-refractivity contribution < 1.29 is 4.79 Å². The van der Waals surface area contributed by atoms with Crippen LogP contribution in [0.15, 0.2) is 40.8 Å². The van der Waals surface area contributed by atoms with E-state index in [0.29, 0.717) is 22.6 Å². The molecule has 0 saturated heterocycles. The van der Waals surface area contributed by atoms with Crippen LogP contribution in [0.5, 0.6) is 0 Å². The summed E-state index contributed by atoms with van der Waals surface area (Å²) in [5, 5.41) is 4.25. The first-order chi connectivity index (χ1) is 9.61. The van der Waals surface area contributed by atoms with Crippen LogP contribution in [0.4, 0.5) is 0 Å². The Balaban J connectivity index is 0.000000704. The van der Waals surface area contributed by atoms with Crippen molar-refractivity contribution in [2.75, 3.05) is 7.05 Å². The average molecular weight is 333 g/mol. The number of aryl methyl sites for hydroxylation is 1. The number of nitrogens with zero attached hydrogens (tertiary/aromatic N) is 4. The largest absolute Gasteiger partial charge is 0.287 e. The molecule has 0 saturated carbocycles. The number of fused-ring (bicyclic) bond motifs is 3. The molecule has 0 fully saturated rings. The van der Waals surface area contributed by atoms with Crippen molar-refractivity contribution in [1.29, 1.82) is 0 Å². The quantitative estimate of drug-likeness (QED) is 0.592. The topological polar surface area (TPSA) is 60.1 Å². The summed E-state index contributed by atoms with van der Waals surface area (Å²) in [4.78, 5) is 20.6. The van der Waals surface area contributed by atoms with Crippen LogP contribution in [0, 0.1) is 0 Å². The van der Waals surface area contributed by atoms with E-state index in [1.807, 2.05) is 12.1 Å². The fraction of sp³-hybridized carbons (Fsp3) is 0.143. The Morgan fingerprint density at radius 1 is 1.25 bits per heavy atom. The molecule has 1 aliphatic carbocycles. The highest BCUT2D eigenvalue weighted by molar-refractivity contribution is 9.10. The maximum Gasteiger partial charge on any atom is 0.241 e. The molecule has 1 aromatic carbocycles. The Bertz CT molecular complexity index is 764. The molecule has 0 unspecified atom stereocenters. The molecule has 0 bridgehead atoms. The molecule has 2 aromatic rings. The number of rotatable bonds is 0. The first-order valence-corrected chi connectivity index (χ1v) is 6.64. The lowest BCUT2D eigenvalue weighted by molar-refractivity contribution is 0.103. The molecule has 0 atom stereocenters. The van der Waals surface area contributed by atoms with Gasteiger partial charge < -0.3 is 0 Å². The molecule has 102 valence electrons. The lowest BCUT2D eigenvalue weighted by Gasteiger charge is -2.01. The summed E-state index contributed by atoms with van der Waals surface area (Å²) in [5.41, 5.74) is 2.94. The molecule has 1 heterocycles. The minimum atomic E-state index is -0.0907. The van der Waals surface area contributed by atoms with Gasteiger partial charge in [-0.05, 0) is 12.1 Å². The minimum absolute atomic E-state index is 0.0907. The highest BCUT2D eigenvalue weighted by atomic mass is 79.9. The first-order valence-electron chi connectivity index (χ1n) is 5.84. The third kappa shape index (κ3) is 2.12. The van der Waals surface area contributed by atoms with Gasteiger partial charge in [-0.3, -0.25) is 9.79 Å². The Kier molecular flexibility index (Phi) is 3.94. The van der Waals surface area contributed by atoms with Gasteiger partial charge in [-0.1, -0.05) is 22.0 Å². The summed E-state index contributed by atoms with van der Waals surface area (Å²) in [6, 6.07) is 5.56. The van der Waals surface area contributed by atoms with Crippen molar-refractivity contribution in [3.05, 3.63) is 52.7 Å². The van der Waals surface area contributed by atoms with Gasteiger partial charge in [0.05, 0.1) is 0 Å². The minimum Gasteiger partial charge on any atom is -0.287 e. The van der Waals surface area contributed by atoms with Crippen LogP contribution < -0.4 is 5.62 Å². The van der Waals surface area contributed by atoms with E-state index in [1.54, 1.807) is 20.2 Å². The summed E-state index contributed by atoms with van der Waals surface area (Å²) in [6.45, 7) is 6.00. The van der Waals surface area contributed by atoms with E-state index in [-0.39, 0.29) is 5.78 Å². The zero-order valence-electron chi connectivity index (χ0n) is 11.2. The van der Waals surface area contributed by atoms with E-state index in [2.05, 4.69) is 44.2 Å². The van der Waals surface area contributed by atoms with Gasteiger partial charge in [-0.15, -0.1) is 13.2 Å². The van der Waals surface area contributed by atoms with Gasteiger partial charge >= 0.3 is 0 Å². The molecule has 0 aliphatic heterocycles. The molecule has 0 N–H and O–H groups in total. The van der Waals surface area contributed by atoms with Crippen LogP contribution >= 0.6 is 15.9 Å². The van der Waals surface area contributed by atoms with Gasteiger partial charge in [0.2, 0.25) is 11.4 Å². The van der Waals surface area contributed by atoms with Gasteiger partial charge in [0.15, 0.2) is 5.69 Å². The van der Waals surface area contributed by atoms with Gasteiger partial charge in [0, 0.05) is 29.7 Å². The number of carbonyl (C=O) groups excluding carboxylic acids is 1. The number of benzene rings is 1. The third-order valence-electron chi connectivity index (χ3n) is 2.87. The Hall–Kier alpha value is -2.08. The van der Waals surface area contributed by atoms with E-state index in [1.165, 1.54) is 4.68 Å². The average Bonchev–Trinajstić information content (AvgIpc) is 2.73. The standard InChI is InChI=1S/C12H9BrN4O.C2H4/c1-14-12-15-9-7-4-3-6(13)5-8(7)11(18)10(9)16-17(12)2;1-2/h3-5H,1-2H3;1-2H2. The second-order valence-corrected chi connectivity index (χ2v) is 4.89. The number of halogens is 1. The van der Waals surface area contributed by atoms with Gasteiger partial charge in [0.25, 0.3) is 0 Å². The van der Waals surface area contributed by atoms with Crippen molar-refractivity contribution in [3.63, 3.8) is 0 Å². The van der Waals surface area contributed by atoms with E-state index in [9.17, 15) is 4.79 Å². The van der Waals surface area contributed by atoms with Gasteiger partial charge in [0.1, 0.15) is 5.69 Å². The van der Waals surface area contributed by atoms with Crippen molar-refractivity contribution in [2.24, 2.45) is 12.0 Å². The van der Waals surface area contributed by atoms with Gasteiger partial charge in [-0.25, -0.2) is 9.67 Å². The van der Waals surface area contributed by atoms with Crippen molar-refractivity contribution >= 4 is 21.7 Å². The molecule has 3 rings (SSSR count). The summed E-state index contributed by atoms with van der Waals surface area (Å²) in [5.74, 6) is -0.0907. The zero-order chi connectivity index (χ0) is 14.9. The fourth-order valence-electron chi connectivity index (χ4n) is 2.04. The monoisotopic (exact) mass is 332 g/mol. The van der Waals surface area contributed by atoms with Crippen LogP contribution in [-0.2, 0) is 7.05 Å². The van der Waals surface area contributed by atoms with Gasteiger partial charge in [-0.2, -0.15) is 5.10 Å². The summed E-state index contributed by atoms with van der Waals surface area (Å²) < 4.78 is 2.38. The molecule has 1 aliphatic rings. The molecule has 5 nitrogen and oxygen atoms in total. The molecular weight excluding hydrogens is 320 g/mol. The molecule has 0 radical (unpaired) electrons.